The first-order chi connectivity index (χ1) is 8.90. The fourth-order valence-corrected chi connectivity index (χ4v) is 2.17. The van der Waals surface area contributed by atoms with Crippen LogP contribution in [0.2, 0.25) is 0 Å². The predicted octanol–water partition coefficient (Wildman–Crippen LogP) is 2.65. The number of aryl methyl sites for hydroxylation is 2. The lowest BCUT2D eigenvalue weighted by atomic mass is 10.1. The molecule has 0 aliphatic carbocycles. The van der Waals surface area contributed by atoms with Gasteiger partial charge in [0.25, 0.3) is 0 Å². The molecule has 0 saturated carbocycles. The molecule has 19 heavy (non-hydrogen) atoms. The Bertz CT molecular complexity index is 613. The number of aromatic nitrogens is 3. The summed E-state index contributed by atoms with van der Waals surface area (Å²) < 4.78 is 6.93. The van der Waals surface area contributed by atoms with Gasteiger partial charge in [0.2, 0.25) is 5.89 Å². The Morgan fingerprint density at radius 1 is 1.47 bits per heavy atom. The first kappa shape index (κ1) is 13.8. The molecule has 0 aromatic carbocycles. The van der Waals surface area contributed by atoms with E-state index in [1.54, 1.807) is 13.8 Å². The van der Waals surface area contributed by atoms with Crippen LogP contribution in [-0.2, 0) is 6.54 Å². The van der Waals surface area contributed by atoms with Crippen molar-refractivity contribution < 1.29 is 9.32 Å². The van der Waals surface area contributed by atoms with Gasteiger partial charge >= 0.3 is 0 Å². The molecule has 2 aromatic heterocycles. The average molecular weight is 282 g/mol. The predicted molar refractivity (Wildman–Crippen MR) is 71.7 cm³/mol. The lowest BCUT2D eigenvalue weighted by Crippen LogP contribution is -2.12. The molecule has 0 aliphatic heterocycles. The van der Waals surface area contributed by atoms with E-state index in [1.165, 1.54) is 0 Å². The summed E-state index contributed by atoms with van der Waals surface area (Å²) in [5.41, 5.74) is 2.50. The van der Waals surface area contributed by atoms with E-state index in [9.17, 15) is 4.79 Å². The van der Waals surface area contributed by atoms with Crippen molar-refractivity contribution in [3.8, 4) is 0 Å². The van der Waals surface area contributed by atoms with Gasteiger partial charge in [0, 0.05) is 23.9 Å². The number of alkyl halides is 1. The summed E-state index contributed by atoms with van der Waals surface area (Å²) in [5.74, 6) is 1.06. The highest BCUT2D eigenvalue weighted by Gasteiger charge is 2.20. The molecule has 102 valence electrons. The minimum atomic E-state index is -0.527. The van der Waals surface area contributed by atoms with Crippen LogP contribution >= 0.6 is 11.6 Å². The van der Waals surface area contributed by atoms with Gasteiger partial charge in [0.15, 0.2) is 11.6 Å². The largest absolute Gasteiger partial charge is 0.341 e. The molecule has 0 fully saturated rings. The summed E-state index contributed by atoms with van der Waals surface area (Å²) in [4.78, 5) is 16.2. The number of Topliss-reactive ketones (excluding diaryl/α,β-unsaturated/α-hetero) is 1. The molecule has 2 rings (SSSR count). The van der Waals surface area contributed by atoms with Gasteiger partial charge in [-0.3, -0.25) is 4.79 Å². The van der Waals surface area contributed by atoms with Crippen molar-refractivity contribution >= 4 is 17.4 Å². The molecule has 1 unspecified atom stereocenters. The van der Waals surface area contributed by atoms with Crippen LogP contribution in [0.4, 0.5) is 0 Å². The minimum Gasteiger partial charge on any atom is -0.341 e. The number of rotatable bonds is 4. The van der Waals surface area contributed by atoms with Crippen molar-refractivity contribution in [2.45, 2.75) is 39.6 Å². The minimum absolute atomic E-state index is 0.0645. The van der Waals surface area contributed by atoms with Gasteiger partial charge in [-0.1, -0.05) is 5.16 Å². The van der Waals surface area contributed by atoms with Gasteiger partial charge in [0.05, 0.1) is 11.9 Å². The van der Waals surface area contributed by atoms with Crippen LogP contribution in [0.15, 0.2) is 10.6 Å². The fraction of sp³-hybridized carbons (Fsp3) is 0.462. The molecular formula is C13H16ClN3O2. The number of hydrogen-bond donors (Lipinski definition) is 0. The van der Waals surface area contributed by atoms with E-state index in [0.29, 0.717) is 23.8 Å². The normalized spacial score (nSPS) is 12.7. The van der Waals surface area contributed by atoms with Crippen molar-refractivity contribution in [2.24, 2.45) is 0 Å². The second kappa shape index (κ2) is 5.17. The summed E-state index contributed by atoms with van der Waals surface area (Å²) in [6, 6.07) is 1.85. The molecular weight excluding hydrogens is 266 g/mol. The monoisotopic (exact) mass is 281 g/mol. The topological polar surface area (TPSA) is 60.9 Å². The Morgan fingerprint density at radius 2 is 2.16 bits per heavy atom. The van der Waals surface area contributed by atoms with E-state index in [0.717, 1.165) is 11.4 Å². The summed E-state index contributed by atoms with van der Waals surface area (Å²) in [6.07, 6.45) is 0. The molecule has 6 heteroatoms. The lowest BCUT2D eigenvalue weighted by molar-refractivity contribution is 0.0991. The van der Waals surface area contributed by atoms with Crippen molar-refractivity contribution in [1.29, 1.82) is 0 Å². The molecule has 0 bridgehead atoms. The SMILES string of the molecule is Cc1nc(Cn2c(C)cc(C(=O)C(C)Cl)c2C)no1. The number of carbonyl (C=O) groups is 1. The molecule has 0 spiro atoms. The highest BCUT2D eigenvalue weighted by molar-refractivity contribution is 6.33. The summed E-state index contributed by atoms with van der Waals surface area (Å²) >= 11 is 5.86. The van der Waals surface area contributed by atoms with Crippen LogP contribution in [0.1, 0.15) is 40.4 Å². The van der Waals surface area contributed by atoms with E-state index < -0.39 is 5.38 Å². The second-order valence-corrected chi connectivity index (χ2v) is 5.24. The standard InChI is InChI=1S/C13H16ClN3O2/c1-7-5-11(13(18)8(2)14)9(3)17(7)6-12-15-10(4)19-16-12/h5,8H,6H2,1-4H3. The zero-order chi connectivity index (χ0) is 14.2. The van der Waals surface area contributed by atoms with E-state index in [4.69, 9.17) is 16.1 Å². The van der Waals surface area contributed by atoms with Gasteiger partial charge < -0.3 is 9.09 Å². The summed E-state index contributed by atoms with van der Waals surface area (Å²) in [6.45, 7) is 7.75. The summed E-state index contributed by atoms with van der Waals surface area (Å²) in [5, 5.41) is 3.34. The first-order valence-electron chi connectivity index (χ1n) is 6.04. The van der Waals surface area contributed by atoms with E-state index in [2.05, 4.69) is 10.1 Å². The second-order valence-electron chi connectivity index (χ2n) is 4.58. The molecule has 0 N–H and O–H groups in total. The van der Waals surface area contributed by atoms with Gasteiger partial charge in [0.1, 0.15) is 0 Å². The Hall–Kier alpha value is -1.62. The molecule has 1 atom stereocenters. The van der Waals surface area contributed by atoms with Crippen LogP contribution in [-0.4, -0.2) is 25.9 Å². The zero-order valence-corrected chi connectivity index (χ0v) is 12.2. The van der Waals surface area contributed by atoms with Crippen molar-refractivity contribution in [1.82, 2.24) is 14.7 Å². The molecule has 0 aliphatic rings. The van der Waals surface area contributed by atoms with Crippen LogP contribution in [0.5, 0.6) is 0 Å². The Balaban J connectivity index is 2.34. The van der Waals surface area contributed by atoms with Crippen LogP contribution < -0.4 is 0 Å². The molecule has 2 aromatic rings. The lowest BCUT2D eigenvalue weighted by Gasteiger charge is -2.07. The van der Waals surface area contributed by atoms with Gasteiger partial charge in [-0.25, -0.2) is 0 Å². The van der Waals surface area contributed by atoms with E-state index in [-0.39, 0.29) is 5.78 Å². The molecule has 0 amide bonds. The maximum absolute atomic E-state index is 12.0. The van der Waals surface area contributed by atoms with Crippen LogP contribution in [0.3, 0.4) is 0 Å². The first-order valence-corrected chi connectivity index (χ1v) is 6.48. The highest BCUT2D eigenvalue weighted by Crippen LogP contribution is 2.19. The Morgan fingerprint density at radius 3 is 2.68 bits per heavy atom. The number of nitrogens with zero attached hydrogens (tertiary/aromatic N) is 3. The number of carbonyl (C=O) groups excluding carboxylic acids is 1. The third-order valence-electron chi connectivity index (χ3n) is 3.07. The third-order valence-corrected chi connectivity index (χ3v) is 3.27. The van der Waals surface area contributed by atoms with E-state index >= 15 is 0 Å². The Kier molecular flexibility index (Phi) is 3.75. The quantitative estimate of drug-likeness (QED) is 0.638. The molecule has 0 saturated heterocycles. The summed E-state index contributed by atoms with van der Waals surface area (Å²) in [7, 11) is 0. The Labute approximate surface area is 116 Å². The van der Waals surface area contributed by atoms with Crippen molar-refractivity contribution in [2.75, 3.05) is 0 Å². The number of ketones is 1. The fourth-order valence-electron chi connectivity index (χ4n) is 2.06. The van der Waals surface area contributed by atoms with Crippen LogP contribution in [0.25, 0.3) is 0 Å². The van der Waals surface area contributed by atoms with E-state index in [1.807, 2.05) is 24.5 Å². The number of halogens is 1. The zero-order valence-electron chi connectivity index (χ0n) is 11.4. The maximum atomic E-state index is 12.0. The van der Waals surface area contributed by atoms with Crippen LogP contribution in [0, 0.1) is 20.8 Å². The molecule has 0 radical (unpaired) electrons. The van der Waals surface area contributed by atoms with Crippen molar-refractivity contribution in [3.05, 3.63) is 34.7 Å². The van der Waals surface area contributed by atoms with Crippen molar-refractivity contribution in [3.63, 3.8) is 0 Å². The highest BCUT2D eigenvalue weighted by atomic mass is 35.5. The van der Waals surface area contributed by atoms with Gasteiger partial charge in [-0.2, -0.15) is 4.98 Å². The molecule has 5 nitrogen and oxygen atoms in total. The smallest absolute Gasteiger partial charge is 0.223 e. The van der Waals surface area contributed by atoms with Gasteiger partial charge in [-0.15, -0.1) is 11.6 Å². The maximum Gasteiger partial charge on any atom is 0.223 e. The average Bonchev–Trinajstić information content (AvgIpc) is 2.87. The van der Waals surface area contributed by atoms with Gasteiger partial charge in [-0.05, 0) is 26.8 Å². The molecule has 2 heterocycles. The third kappa shape index (κ3) is 2.71. The number of hydrogen-bond acceptors (Lipinski definition) is 4.